The zero-order chi connectivity index (χ0) is 11.4. The first-order valence-electron chi connectivity index (χ1n) is 5.02. The van der Waals surface area contributed by atoms with Crippen LogP contribution >= 0.6 is 0 Å². The van der Waals surface area contributed by atoms with Crippen molar-refractivity contribution in [2.45, 2.75) is 19.9 Å². The number of aryl methyl sites for hydroxylation is 1. The number of aromatic nitrogens is 5. The molecular weight excluding hydrogens is 206 g/mol. The molecule has 0 aliphatic rings. The summed E-state index contributed by atoms with van der Waals surface area (Å²) in [5.74, 6) is -0.202. The first-order chi connectivity index (χ1) is 7.83. The maximum atomic E-state index is 12.0. The largest absolute Gasteiger partial charge is 0.285 e. The second-order valence-corrected chi connectivity index (χ2v) is 3.26. The number of carbonyl (C=O) groups is 1. The lowest BCUT2D eigenvalue weighted by Gasteiger charge is -2.02. The highest BCUT2D eigenvalue weighted by Crippen LogP contribution is 2.05. The van der Waals surface area contributed by atoms with Gasteiger partial charge in [-0.1, -0.05) is 12.1 Å². The highest BCUT2D eigenvalue weighted by molar-refractivity contribution is 6.06. The molecule has 82 valence electrons. The Kier molecular flexibility index (Phi) is 3.00. The SMILES string of the molecule is CCCn1nncc1C(=O)c1cnccn1. The van der Waals surface area contributed by atoms with E-state index in [4.69, 9.17) is 0 Å². The fourth-order valence-electron chi connectivity index (χ4n) is 1.36. The zero-order valence-corrected chi connectivity index (χ0v) is 8.87. The molecule has 0 bridgehead atoms. The van der Waals surface area contributed by atoms with Gasteiger partial charge in [-0.15, -0.1) is 5.10 Å². The van der Waals surface area contributed by atoms with E-state index in [9.17, 15) is 4.79 Å². The van der Waals surface area contributed by atoms with Crippen molar-refractivity contribution >= 4 is 5.78 Å². The van der Waals surface area contributed by atoms with Gasteiger partial charge >= 0.3 is 0 Å². The van der Waals surface area contributed by atoms with Crippen LogP contribution in [-0.2, 0) is 6.54 Å². The maximum absolute atomic E-state index is 12.0. The molecule has 0 saturated heterocycles. The Balaban J connectivity index is 2.31. The molecule has 0 aliphatic heterocycles. The van der Waals surface area contributed by atoms with Crippen molar-refractivity contribution in [1.82, 2.24) is 25.0 Å². The number of rotatable bonds is 4. The highest BCUT2D eigenvalue weighted by atomic mass is 16.1. The number of ketones is 1. The molecule has 0 unspecified atom stereocenters. The average molecular weight is 217 g/mol. The molecule has 0 amide bonds. The van der Waals surface area contributed by atoms with Crippen LogP contribution < -0.4 is 0 Å². The summed E-state index contributed by atoms with van der Waals surface area (Å²) >= 11 is 0. The van der Waals surface area contributed by atoms with Gasteiger partial charge in [-0.05, 0) is 6.42 Å². The van der Waals surface area contributed by atoms with Crippen molar-refractivity contribution in [2.24, 2.45) is 0 Å². The Morgan fingerprint density at radius 3 is 2.94 bits per heavy atom. The number of carbonyl (C=O) groups excluding carboxylic acids is 1. The van der Waals surface area contributed by atoms with Crippen LogP contribution in [0.3, 0.4) is 0 Å². The van der Waals surface area contributed by atoms with Gasteiger partial charge in [0.25, 0.3) is 0 Å². The summed E-state index contributed by atoms with van der Waals surface area (Å²) in [5, 5.41) is 7.58. The predicted molar refractivity (Wildman–Crippen MR) is 55.8 cm³/mol. The summed E-state index contributed by atoms with van der Waals surface area (Å²) in [5.41, 5.74) is 0.754. The van der Waals surface area contributed by atoms with Gasteiger partial charge in [0, 0.05) is 18.9 Å². The molecule has 0 fully saturated rings. The second-order valence-electron chi connectivity index (χ2n) is 3.26. The van der Waals surface area contributed by atoms with Crippen molar-refractivity contribution in [3.8, 4) is 0 Å². The minimum Gasteiger partial charge on any atom is -0.285 e. The van der Waals surface area contributed by atoms with Crippen LogP contribution in [0.1, 0.15) is 29.5 Å². The smallest absolute Gasteiger partial charge is 0.232 e. The minimum atomic E-state index is -0.202. The van der Waals surface area contributed by atoms with Crippen LogP contribution in [-0.4, -0.2) is 30.7 Å². The van der Waals surface area contributed by atoms with E-state index in [-0.39, 0.29) is 5.78 Å². The van der Waals surface area contributed by atoms with Crippen molar-refractivity contribution < 1.29 is 4.79 Å². The Labute approximate surface area is 92.3 Å². The van der Waals surface area contributed by atoms with Gasteiger partial charge in [0.05, 0.1) is 12.4 Å². The maximum Gasteiger partial charge on any atom is 0.232 e. The highest BCUT2D eigenvalue weighted by Gasteiger charge is 2.15. The van der Waals surface area contributed by atoms with Crippen LogP contribution in [0.5, 0.6) is 0 Å². The van der Waals surface area contributed by atoms with Gasteiger partial charge in [0.2, 0.25) is 5.78 Å². The van der Waals surface area contributed by atoms with Gasteiger partial charge in [0.15, 0.2) is 0 Å². The molecule has 6 nitrogen and oxygen atoms in total. The van der Waals surface area contributed by atoms with Crippen LogP contribution in [0.25, 0.3) is 0 Å². The lowest BCUT2D eigenvalue weighted by Crippen LogP contribution is -2.12. The van der Waals surface area contributed by atoms with Crippen LogP contribution in [0.4, 0.5) is 0 Å². The van der Waals surface area contributed by atoms with E-state index in [2.05, 4.69) is 20.3 Å². The number of nitrogens with zero attached hydrogens (tertiary/aromatic N) is 5. The lowest BCUT2D eigenvalue weighted by molar-refractivity contribution is 0.102. The number of hydrogen-bond donors (Lipinski definition) is 0. The summed E-state index contributed by atoms with van der Waals surface area (Å²) in [7, 11) is 0. The summed E-state index contributed by atoms with van der Waals surface area (Å²) in [6.45, 7) is 2.68. The van der Waals surface area contributed by atoms with Crippen LogP contribution in [0.15, 0.2) is 24.8 Å². The molecular formula is C10H11N5O. The Morgan fingerprint density at radius 2 is 2.25 bits per heavy atom. The Hall–Kier alpha value is -2.11. The molecule has 6 heteroatoms. The first kappa shape index (κ1) is 10.4. The molecule has 0 aromatic carbocycles. The van der Waals surface area contributed by atoms with Gasteiger partial charge < -0.3 is 0 Å². The standard InChI is InChI=1S/C10H11N5O/c1-2-5-15-9(7-13-14-15)10(16)8-6-11-3-4-12-8/h3-4,6-7H,2,5H2,1H3. The summed E-state index contributed by atoms with van der Waals surface area (Å²) < 4.78 is 1.58. The van der Waals surface area contributed by atoms with E-state index in [0.29, 0.717) is 17.9 Å². The molecule has 0 saturated carbocycles. The topological polar surface area (TPSA) is 73.6 Å². The third-order valence-electron chi connectivity index (χ3n) is 2.08. The predicted octanol–water partition coefficient (Wildman–Crippen LogP) is 0.709. The number of hydrogen-bond acceptors (Lipinski definition) is 5. The molecule has 2 heterocycles. The molecule has 0 aliphatic carbocycles. The molecule has 2 aromatic rings. The van der Waals surface area contributed by atoms with Crippen molar-refractivity contribution in [3.63, 3.8) is 0 Å². The van der Waals surface area contributed by atoms with Crippen LogP contribution in [0.2, 0.25) is 0 Å². The summed E-state index contributed by atoms with van der Waals surface area (Å²) in [6, 6.07) is 0. The molecule has 0 radical (unpaired) electrons. The van der Waals surface area contributed by atoms with E-state index in [0.717, 1.165) is 6.42 Å². The molecule has 2 rings (SSSR count). The monoisotopic (exact) mass is 217 g/mol. The van der Waals surface area contributed by atoms with Crippen molar-refractivity contribution in [1.29, 1.82) is 0 Å². The van der Waals surface area contributed by atoms with Gasteiger partial charge in [-0.3, -0.25) is 9.78 Å². The van der Waals surface area contributed by atoms with Gasteiger partial charge in [0.1, 0.15) is 11.4 Å². The van der Waals surface area contributed by atoms with E-state index in [1.165, 1.54) is 24.8 Å². The van der Waals surface area contributed by atoms with E-state index >= 15 is 0 Å². The first-order valence-corrected chi connectivity index (χ1v) is 5.02. The fourth-order valence-corrected chi connectivity index (χ4v) is 1.36. The van der Waals surface area contributed by atoms with Crippen LogP contribution in [0, 0.1) is 0 Å². The lowest BCUT2D eigenvalue weighted by atomic mass is 10.2. The second kappa shape index (κ2) is 4.61. The normalized spacial score (nSPS) is 10.3. The summed E-state index contributed by atoms with van der Waals surface area (Å²) in [4.78, 5) is 19.8. The summed E-state index contributed by atoms with van der Waals surface area (Å²) in [6.07, 6.45) is 6.79. The average Bonchev–Trinajstić information content (AvgIpc) is 2.78. The Bertz CT molecular complexity index is 479. The quantitative estimate of drug-likeness (QED) is 0.705. The van der Waals surface area contributed by atoms with E-state index in [1.807, 2.05) is 6.92 Å². The van der Waals surface area contributed by atoms with Crippen molar-refractivity contribution in [2.75, 3.05) is 0 Å². The molecule has 0 atom stereocenters. The Morgan fingerprint density at radius 1 is 1.38 bits per heavy atom. The minimum absolute atomic E-state index is 0.202. The molecule has 2 aromatic heterocycles. The van der Waals surface area contributed by atoms with Crippen molar-refractivity contribution in [3.05, 3.63) is 36.2 Å². The van der Waals surface area contributed by atoms with Gasteiger partial charge in [-0.25, -0.2) is 9.67 Å². The van der Waals surface area contributed by atoms with Gasteiger partial charge in [-0.2, -0.15) is 0 Å². The third kappa shape index (κ3) is 1.95. The molecule has 0 spiro atoms. The zero-order valence-electron chi connectivity index (χ0n) is 8.87. The van der Waals surface area contributed by atoms with E-state index < -0.39 is 0 Å². The molecule has 16 heavy (non-hydrogen) atoms. The molecule has 0 N–H and O–H groups in total. The fraction of sp³-hybridized carbons (Fsp3) is 0.300. The third-order valence-corrected chi connectivity index (χ3v) is 2.08. The van der Waals surface area contributed by atoms with E-state index in [1.54, 1.807) is 4.68 Å².